The molecule has 0 radical (unpaired) electrons. The summed E-state index contributed by atoms with van der Waals surface area (Å²) >= 11 is 0. The van der Waals surface area contributed by atoms with Crippen molar-refractivity contribution >= 4 is 17.8 Å². The van der Waals surface area contributed by atoms with Crippen LogP contribution in [-0.2, 0) is 10.9 Å². The highest BCUT2D eigenvalue weighted by Gasteiger charge is 2.31. The monoisotopic (exact) mass is 417 g/mol. The molecule has 8 nitrogen and oxygen atoms in total. The van der Waals surface area contributed by atoms with Gasteiger partial charge >= 0.3 is 6.18 Å². The molecule has 4 rings (SSSR count). The number of ether oxygens (including phenoxy) is 1. The summed E-state index contributed by atoms with van der Waals surface area (Å²) in [6, 6.07) is 3.93. The normalized spacial score (nSPS) is 18.0. The zero-order valence-corrected chi connectivity index (χ0v) is 15.7. The summed E-state index contributed by atoms with van der Waals surface area (Å²) in [5, 5.41) is 7.44. The second kappa shape index (κ2) is 7.75. The van der Waals surface area contributed by atoms with Crippen LogP contribution in [0.3, 0.4) is 0 Å². The SMILES string of the molecule is N=CC(=CN)C1CN(c2nccc(-c3cnc4ccc(C(F)(F)F)cn34)n2)CCO1. The molecule has 0 amide bonds. The fourth-order valence-electron chi connectivity index (χ4n) is 3.26. The maximum atomic E-state index is 13.1. The number of morpholine rings is 1. The van der Waals surface area contributed by atoms with Gasteiger partial charge in [0, 0.05) is 36.9 Å². The maximum absolute atomic E-state index is 13.1. The Morgan fingerprint density at radius 1 is 1.27 bits per heavy atom. The highest BCUT2D eigenvalue weighted by atomic mass is 19.4. The van der Waals surface area contributed by atoms with E-state index in [0.29, 0.717) is 48.3 Å². The first kappa shape index (κ1) is 19.8. The summed E-state index contributed by atoms with van der Waals surface area (Å²) in [5.41, 5.74) is 6.56. The van der Waals surface area contributed by atoms with Crippen LogP contribution in [0.4, 0.5) is 19.1 Å². The molecule has 0 aromatic carbocycles. The summed E-state index contributed by atoms with van der Waals surface area (Å²) in [7, 11) is 0. The second-order valence-electron chi connectivity index (χ2n) is 6.65. The molecule has 0 spiro atoms. The summed E-state index contributed by atoms with van der Waals surface area (Å²) < 4.78 is 46.4. The Balaban J connectivity index is 1.68. The van der Waals surface area contributed by atoms with E-state index in [-0.39, 0.29) is 0 Å². The van der Waals surface area contributed by atoms with Crippen LogP contribution in [-0.4, -0.2) is 51.4 Å². The van der Waals surface area contributed by atoms with E-state index in [1.165, 1.54) is 22.9 Å². The van der Waals surface area contributed by atoms with E-state index in [1.54, 1.807) is 12.3 Å². The minimum atomic E-state index is -4.46. The van der Waals surface area contributed by atoms with Gasteiger partial charge in [-0.05, 0) is 18.2 Å². The average molecular weight is 417 g/mol. The third-order valence-corrected chi connectivity index (χ3v) is 4.82. The van der Waals surface area contributed by atoms with E-state index in [2.05, 4.69) is 15.0 Å². The number of imidazole rings is 1. The van der Waals surface area contributed by atoms with Crippen LogP contribution in [0.25, 0.3) is 17.0 Å². The molecule has 11 heteroatoms. The lowest BCUT2D eigenvalue weighted by molar-refractivity contribution is -0.137. The number of hydrogen-bond acceptors (Lipinski definition) is 7. The van der Waals surface area contributed by atoms with E-state index >= 15 is 0 Å². The molecule has 4 heterocycles. The number of alkyl halides is 3. The summed E-state index contributed by atoms with van der Waals surface area (Å²) in [6.07, 6.45) is 1.65. The Labute approximate surface area is 169 Å². The van der Waals surface area contributed by atoms with Crippen LogP contribution in [0.5, 0.6) is 0 Å². The van der Waals surface area contributed by atoms with Crippen LogP contribution in [0.15, 0.2) is 48.6 Å². The molecule has 1 saturated heterocycles. The van der Waals surface area contributed by atoms with E-state index in [1.807, 2.05) is 4.90 Å². The van der Waals surface area contributed by atoms with Crippen LogP contribution in [0, 0.1) is 5.41 Å². The number of nitrogens with zero attached hydrogens (tertiary/aromatic N) is 5. The lowest BCUT2D eigenvalue weighted by atomic mass is 10.1. The van der Waals surface area contributed by atoms with Crippen LogP contribution in [0.1, 0.15) is 5.56 Å². The molecule has 0 saturated carbocycles. The standard InChI is InChI=1S/C19H18F3N7O/c20-19(21,22)13-1-2-17-26-9-15(29(17)10-13)14-3-4-25-18(27-14)28-5-6-30-16(11-28)12(7-23)8-24/h1-4,7-10,16,23H,5-6,11,24H2. The number of anilines is 1. The molecule has 1 aliphatic heterocycles. The Kier molecular flexibility index (Phi) is 5.12. The molecule has 1 atom stereocenters. The smallest absolute Gasteiger partial charge is 0.404 e. The maximum Gasteiger partial charge on any atom is 0.417 e. The third-order valence-electron chi connectivity index (χ3n) is 4.82. The van der Waals surface area contributed by atoms with Gasteiger partial charge in [-0.15, -0.1) is 0 Å². The number of pyridine rings is 1. The van der Waals surface area contributed by atoms with Crippen LogP contribution >= 0.6 is 0 Å². The van der Waals surface area contributed by atoms with Crippen molar-refractivity contribution in [2.24, 2.45) is 5.73 Å². The topological polar surface area (TPSA) is 105 Å². The summed E-state index contributed by atoms with van der Waals surface area (Å²) in [5.74, 6) is 0.407. The van der Waals surface area contributed by atoms with E-state index < -0.39 is 17.8 Å². The summed E-state index contributed by atoms with van der Waals surface area (Å²) in [4.78, 5) is 14.9. The fourth-order valence-corrected chi connectivity index (χ4v) is 3.26. The second-order valence-corrected chi connectivity index (χ2v) is 6.65. The number of halogens is 3. The first-order valence-electron chi connectivity index (χ1n) is 9.07. The molecule has 3 aromatic heterocycles. The van der Waals surface area contributed by atoms with Gasteiger partial charge in [-0.25, -0.2) is 15.0 Å². The number of nitrogens with one attached hydrogen (secondary N) is 1. The molecule has 0 aliphatic carbocycles. The number of hydrogen-bond donors (Lipinski definition) is 2. The lowest BCUT2D eigenvalue weighted by Gasteiger charge is -2.33. The fraction of sp³-hybridized carbons (Fsp3) is 0.263. The van der Waals surface area contributed by atoms with Crippen molar-refractivity contribution in [3.63, 3.8) is 0 Å². The molecule has 3 aromatic rings. The van der Waals surface area contributed by atoms with Crippen molar-refractivity contribution in [2.45, 2.75) is 12.3 Å². The molecule has 30 heavy (non-hydrogen) atoms. The average Bonchev–Trinajstić information content (AvgIpc) is 3.18. The van der Waals surface area contributed by atoms with Crippen molar-refractivity contribution in [2.75, 3.05) is 24.6 Å². The number of aromatic nitrogens is 4. The van der Waals surface area contributed by atoms with Crippen LogP contribution in [0.2, 0.25) is 0 Å². The Bertz CT molecular complexity index is 1110. The largest absolute Gasteiger partial charge is 0.417 e. The molecule has 156 valence electrons. The van der Waals surface area contributed by atoms with Crippen molar-refractivity contribution in [3.8, 4) is 11.4 Å². The zero-order chi connectivity index (χ0) is 21.3. The zero-order valence-electron chi connectivity index (χ0n) is 15.7. The van der Waals surface area contributed by atoms with E-state index in [0.717, 1.165) is 18.5 Å². The first-order valence-corrected chi connectivity index (χ1v) is 9.07. The van der Waals surface area contributed by atoms with Gasteiger partial charge in [0.1, 0.15) is 11.8 Å². The molecule has 0 bridgehead atoms. The molecular weight excluding hydrogens is 399 g/mol. The minimum Gasteiger partial charge on any atom is -0.404 e. The van der Waals surface area contributed by atoms with Crippen molar-refractivity contribution < 1.29 is 17.9 Å². The number of rotatable bonds is 4. The van der Waals surface area contributed by atoms with Gasteiger partial charge in [0.25, 0.3) is 0 Å². The lowest BCUT2D eigenvalue weighted by Crippen LogP contribution is -2.44. The van der Waals surface area contributed by atoms with Crippen LogP contribution < -0.4 is 10.6 Å². The molecule has 1 fully saturated rings. The van der Waals surface area contributed by atoms with E-state index in [9.17, 15) is 13.2 Å². The van der Waals surface area contributed by atoms with Gasteiger partial charge in [-0.1, -0.05) is 0 Å². The highest BCUT2D eigenvalue weighted by Crippen LogP contribution is 2.30. The van der Waals surface area contributed by atoms with Gasteiger partial charge in [-0.2, -0.15) is 13.2 Å². The number of fused-ring (bicyclic) bond motifs is 1. The Hall–Kier alpha value is -3.47. The van der Waals surface area contributed by atoms with Crippen molar-refractivity contribution in [1.29, 1.82) is 5.41 Å². The van der Waals surface area contributed by atoms with Gasteiger partial charge in [0.05, 0.1) is 36.3 Å². The molecule has 1 unspecified atom stereocenters. The van der Waals surface area contributed by atoms with Crippen molar-refractivity contribution in [1.82, 2.24) is 19.4 Å². The Morgan fingerprint density at radius 2 is 2.10 bits per heavy atom. The predicted octanol–water partition coefficient (Wildman–Crippen LogP) is 2.51. The van der Waals surface area contributed by atoms with E-state index in [4.69, 9.17) is 15.9 Å². The van der Waals surface area contributed by atoms with Gasteiger partial charge in [0.2, 0.25) is 5.95 Å². The molecule has 1 aliphatic rings. The van der Waals surface area contributed by atoms with Gasteiger partial charge in [-0.3, -0.25) is 4.40 Å². The third kappa shape index (κ3) is 3.71. The summed E-state index contributed by atoms with van der Waals surface area (Å²) in [6.45, 7) is 1.32. The van der Waals surface area contributed by atoms with Gasteiger partial charge < -0.3 is 20.8 Å². The quantitative estimate of drug-likeness (QED) is 0.632. The molecular formula is C19H18F3N7O. The van der Waals surface area contributed by atoms with Crippen molar-refractivity contribution in [3.05, 3.63) is 54.1 Å². The highest BCUT2D eigenvalue weighted by molar-refractivity contribution is 5.77. The van der Waals surface area contributed by atoms with Gasteiger partial charge in [0.15, 0.2) is 0 Å². The molecule has 3 N–H and O–H groups in total. The number of nitrogens with two attached hydrogens (primary N) is 1. The minimum absolute atomic E-state index is 0.383. The predicted molar refractivity (Wildman–Crippen MR) is 104 cm³/mol. The Morgan fingerprint density at radius 3 is 2.83 bits per heavy atom. The first-order chi connectivity index (χ1) is 14.4.